The molecule has 1 aromatic rings. The number of aliphatic hydroxyl groups is 1. The molecule has 190 valence electrons. The molecule has 0 radical (unpaired) electrons. The third-order valence-corrected chi connectivity index (χ3v) is 4.87. The van der Waals surface area contributed by atoms with Gasteiger partial charge in [0.25, 0.3) is 5.91 Å². The average Bonchev–Trinajstić information content (AvgIpc) is 3.23. The predicted octanol–water partition coefficient (Wildman–Crippen LogP) is 1.74. The largest absolute Gasteiger partial charge is 0.494 e. The Balaban J connectivity index is 2.12. The number of aliphatic hydroxyl groups excluding tert-OH is 1. The minimum atomic E-state index is -1.27. The second kappa shape index (κ2) is 13.3. The number of carbonyl (C=O) groups excluding carboxylic acids is 2. The van der Waals surface area contributed by atoms with Crippen LogP contribution in [0, 0.1) is 0 Å². The Kier molecular flexibility index (Phi) is 10.7. The molecule has 0 unspecified atom stereocenters. The van der Waals surface area contributed by atoms with E-state index in [1.165, 1.54) is 0 Å². The molecule has 1 atom stereocenters. The molecule has 2 rings (SSSR count). The van der Waals surface area contributed by atoms with Crippen LogP contribution in [0.15, 0.2) is 29.3 Å². The van der Waals surface area contributed by atoms with Crippen LogP contribution in [-0.4, -0.2) is 74.1 Å². The van der Waals surface area contributed by atoms with E-state index in [1.807, 2.05) is 0 Å². The summed E-state index contributed by atoms with van der Waals surface area (Å²) >= 11 is 0. The number of hydrazine groups is 1. The van der Waals surface area contributed by atoms with Gasteiger partial charge in [0.05, 0.1) is 6.61 Å². The van der Waals surface area contributed by atoms with Crippen molar-refractivity contribution in [2.24, 2.45) is 4.99 Å². The molecule has 1 aliphatic rings. The predicted molar refractivity (Wildman–Crippen MR) is 127 cm³/mol. The van der Waals surface area contributed by atoms with E-state index in [4.69, 9.17) is 24.1 Å². The molecule has 0 aromatic heterocycles. The highest BCUT2D eigenvalue weighted by Crippen LogP contribution is 2.28. The van der Waals surface area contributed by atoms with E-state index in [-0.39, 0.29) is 32.0 Å². The Bertz CT molecular complexity index is 821. The number of benzene rings is 1. The molecule has 0 saturated heterocycles. The van der Waals surface area contributed by atoms with Gasteiger partial charge in [0, 0.05) is 45.3 Å². The van der Waals surface area contributed by atoms with E-state index in [0.717, 1.165) is 6.42 Å². The molecular formula is C24H37N3O7. The van der Waals surface area contributed by atoms with E-state index in [9.17, 15) is 9.59 Å². The first-order chi connectivity index (χ1) is 16.2. The number of carbonyl (C=O) groups is 2. The summed E-state index contributed by atoms with van der Waals surface area (Å²) < 4.78 is 21.8. The van der Waals surface area contributed by atoms with Crippen molar-refractivity contribution in [2.75, 3.05) is 40.1 Å². The first-order valence-corrected chi connectivity index (χ1v) is 11.5. The number of hydrogen-bond acceptors (Lipinski definition) is 9. The summed E-state index contributed by atoms with van der Waals surface area (Å²) in [7, 11) is 1.62. The summed E-state index contributed by atoms with van der Waals surface area (Å²) in [6.45, 7) is 6.96. The molecule has 0 saturated carbocycles. The molecule has 1 aliphatic heterocycles. The summed E-state index contributed by atoms with van der Waals surface area (Å²) in [5.74, 6) is 0.193. The summed E-state index contributed by atoms with van der Waals surface area (Å²) in [5.41, 5.74) is 4.37. The van der Waals surface area contributed by atoms with Crippen LogP contribution in [-0.2, 0) is 23.8 Å². The maximum atomic E-state index is 13.1. The van der Waals surface area contributed by atoms with Gasteiger partial charge in [0.1, 0.15) is 18.0 Å². The van der Waals surface area contributed by atoms with Crippen molar-refractivity contribution in [3.8, 4) is 5.75 Å². The van der Waals surface area contributed by atoms with Crippen LogP contribution < -0.4 is 15.6 Å². The van der Waals surface area contributed by atoms with Crippen molar-refractivity contribution in [2.45, 2.75) is 57.6 Å². The molecule has 3 N–H and O–H groups in total. The van der Waals surface area contributed by atoms with Crippen LogP contribution in [0.1, 0.15) is 52.0 Å². The molecule has 10 nitrogen and oxygen atoms in total. The Morgan fingerprint density at radius 2 is 1.91 bits per heavy atom. The maximum Gasteiger partial charge on any atom is 0.306 e. The monoisotopic (exact) mass is 479 g/mol. The van der Waals surface area contributed by atoms with Gasteiger partial charge in [-0.05, 0) is 57.9 Å². The van der Waals surface area contributed by atoms with Gasteiger partial charge in [0.15, 0.2) is 5.54 Å². The normalized spacial score (nSPS) is 17.6. The highest BCUT2D eigenvalue weighted by atomic mass is 16.6. The van der Waals surface area contributed by atoms with Gasteiger partial charge < -0.3 is 24.1 Å². The zero-order chi connectivity index (χ0) is 25.0. The van der Waals surface area contributed by atoms with Gasteiger partial charge in [-0.3, -0.25) is 15.0 Å². The zero-order valence-electron chi connectivity index (χ0n) is 20.5. The number of esters is 1. The van der Waals surface area contributed by atoms with Gasteiger partial charge in [0.2, 0.25) is 5.90 Å². The van der Waals surface area contributed by atoms with Crippen molar-refractivity contribution < 1.29 is 33.6 Å². The van der Waals surface area contributed by atoms with Crippen molar-refractivity contribution in [3.63, 3.8) is 0 Å². The second-order valence-electron chi connectivity index (χ2n) is 9.00. The minimum absolute atomic E-state index is 0.00542. The Morgan fingerprint density at radius 1 is 1.18 bits per heavy atom. The lowest BCUT2D eigenvalue weighted by molar-refractivity contribution is -0.155. The molecule has 1 heterocycles. The van der Waals surface area contributed by atoms with E-state index < -0.39 is 17.1 Å². The summed E-state index contributed by atoms with van der Waals surface area (Å²) in [6, 6.07) is 7.13. The molecule has 1 amide bonds. The number of nitrogens with one attached hydrogen (secondary N) is 2. The molecule has 0 bridgehead atoms. The van der Waals surface area contributed by atoms with E-state index in [0.29, 0.717) is 43.4 Å². The van der Waals surface area contributed by atoms with Crippen LogP contribution in [0.5, 0.6) is 5.75 Å². The molecular weight excluding hydrogens is 442 g/mol. The number of nitrogens with zero attached hydrogens (tertiary/aromatic N) is 1. The number of ether oxygens (including phenoxy) is 4. The lowest BCUT2D eigenvalue weighted by Crippen LogP contribution is -2.52. The molecule has 1 aromatic carbocycles. The third-order valence-electron chi connectivity index (χ3n) is 4.87. The number of amides is 1. The fraction of sp³-hybridized carbons (Fsp3) is 0.625. The number of aliphatic imine (C=N–C) groups is 1. The SMILES string of the molecule is COCCCNNC(=O)[C@]1(CCC(=O)OC(C)(C)C)COC(c2ccc(OCCCO)cc2)=N1. The fourth-order valence-electron chi connectivity index (χ4n) is 3.17. The smallest absolute Gasteiger partial charge is 0.306 e. The lowest BCUT2D eigenvalue weighted by Gasteiger charge is -2.24. The van der Waals surface area contributed by atoms with Crippen LogP contribution >= 0.6 is 0 Å². The number of methoxy groups -OCH3 is 1. The van der Waals surface area contributed by atoms with Crippen molar-refractivity contribution in [3.05, 3.63) is 29.8 Å². The van der Waals surface area contributed by atoms with Crippen LogP contribution in [0.25, 0.3) is 0 Å². The zero-order valence-corrected chi connectivity index (χ0v) is 20.5. The lowest BCUT2D eigenvalue weighted by atomic mass is 9.94. The third kappa shape index (κ3) is 8.92. The first kappa shape index (κ1) is 27.6. The molecule has 10 heteroatoms. The van der Waals surface area contributed by atoms with Crippen LogP contribution in [0.4, 0.5) is 0 Å². The first-order valence-electron chi connectivity index (χ1n) is 11.5. The van der Waals surface area contributed by atoms with Crippen molar-refractivity contribution in [1.82, 2.24) is 10.9 Å². The topological polar surface area (TPSA) is 128 Å². The number of rotatable bonds is 14. The van der Waals surface area contributed by atoms with Crippen molar-refractivity contribution >= 4 is 17.8 Å². The van der Waals surface area contributed by atoms with Gasteiger partial charge >= 0.3 is 5.97 Å². The van der Waals surface area contributed by atoms with Gasteiger partial charge in [-0.15, -0.1) is 0 Å². The Morgan fingerprint density at radius 3 is 2.56 bits per heavy atom. The highest BCUT2D eigenvalue weighted by molar-refractivity contribution is 6.00. The van der Waals surface area contributed by atoms with Gasteiger partial charge in [-0.2, -0.15) is 0 Å². The van der Waals surface area contributed by atoms with E-state index in [1.54, 1.807) is 52.1 Å². The summed E-state index contributed by atoms with van der Waals surface area (Å²) in [4.78, 5) is 30.0. The second-order valence-corrected chi connectivity index (χ2v) is 9.00. The molecule has 0 spiro atoms. The standard InChI is InChI=1S/C24H37N3O7/c1-23(2,3)34-20(29)11-12-24(22(30)27-25-13-5-15-31-4)17-33-21(26-24)18-7-9-19(10-8-18)32-16-6-14-28/h7-10,25,28H,5-6,11-17H2,1-4H3,(H,27,30)/t24-/m0/s1. The maximum absolute atomic E-state index is 13.1. The average molecular weight is 480 g/mol. The molecule has 0 fully saturated rings. The van der Waals surface area contributed by atoms with Gasteiger partial charge in [-0.25, -0.2) is 10.4 Å². The molecule has 0 aliphatic carbocycles. The van der Waals surface area contributed by atoms with E-state index >= 15 is 0 Å². The van der Waals surface area contributed by atoms with Crippen LogP contribution in [0.2, 0.25) is 0 Å². The minimum Gasteiger partial charge on any atom is -0.494 e. The quantitative estimate of drug-likeness (QED) is 0.209. The number of hydrogen-bond donors (Lipinski definition) is 3. The van der Waals surface area contributed by atoms with Crippen LogP contribution in [0.3, 0.4) is 0 Å². The Hall–Kier alpha value is -2.69. The highest BCUT2D eigenvalue weighted by Gasteiger charge is 2.44. The van der Waals surface area contributed by atoms with Gasteiger partial charge in [-0.1, -0.05) is 0 Å². The molecule has 34 heavy (non-hydrogen) atoms. The van der Waals surface area contributed by atoms with Crippen molar-refractivity contribution in [1.29, 1.82) is 0 Å². The summed E-state index contributed by atoms with van der Waals surface area (Å²) in [5, 5.41) is 8.87. The fourth-order valence-corrected chi connectivity index (χ4v) is 3.17. The van der Waals surface area contributed by atoms with E-state index in [2.05, 4.69) is 15.8 Å². The Labute approximate surface area is 201 Å². The summed E-state index contributed by atoms with van der Waals surface area (Å²) in [6.07, 6.45) is 1.43.